The fourth-order valence-corrected chi connectivity index (χ4v) is 6.15. The van der Waals surface area contributed by atoms with Crippen LogP contribution in [0, 0.1) is 11.8 Å². The van der Waals surface area contributed by atoms with Crippen LogP contribution in [-0.4, -0.2) is 87.6 Å². The monoisotopic (exact) mass is 713 g/mol. The van der Waals surface area contributed by atoms with Gasteiger partial charge in [0, 0.05) is 42.9 Å². The van der Waals surface area contributed by atoms with Crippen LogP contribution in [0.4, 0.5) is 10.6 Å². The standard InChI is InChI=1S/C38H43N5O9/c1-23-8-6-14-39-33(46)13-12-24(2)35(25(3)21-51-38(49)42-32-17-26-9-4-5-10-27(26)20-40-32)52-37(48)31-11-7-15-43(31)36(47)30-22-50-34(41-30)19-29(45)18-28(44)16-23/h4-6,8-10,12-13,16-17,20,22,24-25,28,31,35,44H,7,11,14-15,18-19,21H2,1-3H3,(H,39,46)(H,40,42,49)/b8-6?,13-12+,23-16?/t24-,25-,28-,31?,35+/m1/s1. The van der Waals surface area contributed by atoms with E-state index in [9.17, 15) is 29.1 Å². The summed E-state index contributed by atoms with van der Waals surface area (Å²) >= 11 is 0. The minimum atomic E-state index is -1.05. The second-order valence-electron chi connectivity index (χ2n) is 13.1. The average molecular weight is 714 g/mol. The van der Waals surface area contributed by atoms with Crippen molar-refractivity contribution in [1.29, 1.82) is 0 Å². The Kier molecular flexibility index (Phi) is 12.7. The molecule has 0 spiro atoms. The van der Waals surface area contributed by atoms with Gasteiger partial charge in [0.1, 0.15) is 30.0 Å². The number of pyridine rings is 1. The molecule has 4 heterocycles. The third-order valence-electron chi connectivity index (χ3n) is 8.79. The van der Waals surface area contributed by atoms with Gasteiger partial charge in [-0.15, -0.1) is 0 Å². The fourth-order valence-electron chi connectivity index (χ4n) is 6.15. The molecule has 1 unspecified atom stereocenters. The number of ether oxygens (including phenoxy) is 2. The Bertz CT molecular complexity index is 1880. The molecular weight excluding hydrogens is 670 g/mol. The first kappa shape index (κ1) is 37.6. The van der Waals surface area contributed by atoms with Gasteiger partial charge in [0.15, 0.2) is 5.69 Å². The van der Waals surface area contributed by atoms with Crippen LogP contribution in [0.5, 0.6) is 0 Å². The van der Waals surface area contributed by atoms with E-state index in [1.807, 2.05) is 24.3 Å². The minimum Gasteiger partial charge on any atom is -0.460 e. The van der Waals surface area contributed by atoms with Crippen molar-refractivity contribution in [2.75, 3.05) is 25.0 Å². The summed E-state index contributed by atoms with van der Waals surface area (Å²) in [5.41, 5.74) is 0.624. The molecule has 5 atom stereocenters. The first-order chi connectivity index (χ1) is 25.0. The Hall–Kier alpha value is -5.63. The number of aliphatic hydroxyl groups excluding tert-OH is 1. The number of allylic oxidation sites excluding steroid dienone is 2. The molecular formula is C38H43N5O9. The highest BCUT2D eigenvalue weighted by Crippen LogP contribution is 2.26. The van der Waals surface area contributed by atoms with Crippen molar-refractivity contribution in [2.24, 2.45) is 11.8 Å². The van der Waals surface area contributed by atoms with Crippen LogP contribution in [0.1, 0.15) is 56.4 Å². The fraction of sp³-hybridized carbons (Fsp3) is 0.395. The SMILES string of the molecule is CC1=C[C@@H](O)CC(=O)Cc2nc(co2)C(=O)N2CCCC2C(=O)O[C@H]([C@H](C)COC(=O)Nc2cc3ccccc3cn2)[C@H](C)/C=C/C(=O)NCC=C1. The quantitative estimate of drug-likeness (QED) is 0.327. The Morgan fingerprint density at radius 1 is 1.17 bits per heavy atom. The molecule has 2 aromatic heterocycles. The van der Waals surface area contributed by atoms with Gasteiger partial charge in [0.2, 0.25) is 11.8 Å². The molecule has 5 rings (SSSR count). The minimum absolute atomic E-state index is 0.0172. The summed E-state index contributed by atoms with van der Waals surface area (Å²) in [4.78, 5) is 75.0. The second kappa shape index (κ2) is 17.5. The maximum atomic E-state index is 13.7. The largest absolute Gasteiger partial charge is 0.460 e. The average Bonchev–Trinajstić information content (AvgIpc) is 3.80. The number of hydrogen-bond acceptors (Lipinski definition) is 11. The molecule has 274 valence electrons. The van der Waals surface area contributed by atoms with E-state index in [1.54, 1.807) is 51.3 Å². The number of benzene rings is 1. The first-order valence-corrected chi connectivity index (χ1v) is 17.2. The Balaban J connectivity index is 1.32. The summed E-state index contributed by atoms with van der Waals surface area (Å²) < 4.78 is 17.0. The van der Waals surface area contributed by atoms with Crippen LogP contribution in [0.15, 0.2) is 83.2 Å². The molecule has 14 nitrogen and oxygen atoms in total. The van der Waals surface area contributed by atoms with Gasteiger partial charge in [-0.3, -0.25) is 19.7 Å². The number of oxazole rings is 1. The molecule has 1 fully saturated rings. The Morgan fingerprint density at radius 2 is 1.96 bits per heavy atom. The van der Waals surface area contributed by atoms with Crippen molar-refractivity contribution in [1.82, 2.24) is 20.2 Å². The molecule has 0 aliphatic carbocycles. The topological polar surface area (TPSA) is 190 Å². The molecule has 1 aromatic carbocycles. The number of nitrogens with zero attached hydrogens (tertiary/aromatic N) is 3. The van der Waals surface area contributed by atoms with E-state index in [2.05, 4.69) is 20.6 Å². The number of nitrogens with one attached hydrogen (secondary N) is 2. The number of aliphatic hydroxyl groups is 1. The number of hydrogen-bond donors (Lipinski definition) is 3. The van der Waals surface area contributed by atoms with E-state index in [1.165, 1.54) is 17.1 Å². The van der Waals surface area contributed by atoms with Gasteiger partial charge in [-0.2, -0.15) is 0 Å². The van der Waals surface area contributed by atoms with Gasteiger partial charge >= 0.3 is 12.1 Å². The first-order valence-electron chi connectivity index (χ1n) is 17.2. The lowest BCUT2D eigenvalue weighted by Crippen LogP contribution is -2.44. The maximum Gasteiger partial charge on any atom is 0.412 e. The number of cyclic esters (lactones) is 1. The molecule has 3 N–H and O–H groups in total. The van der Waals surface area contributed by atoms with Gasteiger partial charge in [-0.1, -0.05) is 68.0 Å². The summed E-state index contributed by atoms with van der Waals surface area (Å²) in [6, 6.07) is 8.38. The van der Waals surface area contributed by atoms with Gasteiger partial charge in [0.25, 0.3) is 5.91 Å². The third kappa shape index (κ3) is 10.2. The zero-order chi connectivity index (χ0) is 37.2. The molecule has 52 heavy (non-hydrogen) atoms. The van der Waals surface area contributed by atoms with Crippen LogP contribution in [0.3, 0.4) is 0 Å². The summed E-state index contributed by atoms with van der Waals surface area (Å²) in [6.07, 6.45) is 8.48. The third-order valence-corrected chi connectivity index (χ3v) is 8.79. The Morgan fingerprint density at radius 3 is 2.77 bits per heavy atom. The van der Waals surface area contributed by atoms with Crippen LogP contribution >= 0.6 is 0 Å². The number of carbonyl (C=O) groups is 5. The van der Waals surface area contributed by atoms with Crippen molar-refractivity contribution in [3.05, 3.63) is 90.3 Å². The molecule has 0 saturated carbocycles. The number of amides is 3. The normalized spacial score (nSPS) is 23.6. The van der Waals surface area contributed by atoms with E-state index >= 15 is 0 Å². The lowest BCUT2D eigenvalue weighted by atomic mass is 9.93. The van der Waals surface area contributed by atoms with Gasteiger partial charge in [0.05, 0.1) is 19.1 Å². The number of aromatic nitrogens is 2. The number of carbonyl (C=O) groups excluding carboxylic acids is 5. The molecule has 2 aliphatic rings. The number of Topliss-reactive ketones (excluding diaryl/α,β-unsaturated/α-hetero) is 1. The zero-order valence-corrected chi connectivity index (χ0v) is 29.3. The van der Waals surface area contributed by atoms with Crippen molar-refractivity contribution >= 4 is 46.3 Å². The van der Waals surface area contributed by atoms with Crippen molar-refractivity contribution in [3.8, 4) is 0 Å². The molecule has 2 bridgehead atoms. The summed E-state index contributed by atoms with van der Waals surface area (Å²) in [6.45, 7) is 5.61. The molecule has 14 heteroatoms. The second-order valence-corrected chi connectivity index (χ2v) is 13.1. The van der Waals surface area contributed by atoms with E-state index < -0.39 is 54.0 Å². The predicted molar refractivity (Wildman–Crippen MR) is 190 cm³/mol. The molecule has 2 aliphatic heterocycles. The van der Waals surface area contributed by atoms with Crippen molar-refractivity contribution in [2.45, 2.75) is 64.7 Å². The van der Waals surface area contributed by atoms with E-state index in [0.717, 1.165) is 17.0 Å². The highest BCUT2D eigenvalue weighted by atomic mass is 16.6. The number of ketones is 1. The summed E-state index contributed by atoms with van der Waals surface area (Å²) in [7, 11) is 0. The lowest BCUT2D eigenvalue weighted by molar-refractivity contribution is -0.159. The smallest absolute Gasteiger partial charge is 0.412 e. The van der Waals surface area contributed by atoms with E-state index in [-0.39, 0.29) is 49.9 Å². The van der Waals surface area contributed by atoms with Crippen molar-refractivity contribution in [3.63, 3.8) is 0 Å². The molecule has 3 amide bonds. The summed E-state index contributed by atoms with van der Waals surface area (Å²) in [5.74, 6) is -2.67. The van der Waals surface area contributed by atoms with Crippen LogP contribution in [0.25, 0.3) is 10.8 Å². The molecule has 3 aromatic rings. The van der Waals surface area contributed by atoms with Crippen LogP contribution in [0.2, 0.25) is 0 Å². The number of esters is 1. The maximum absolute atomic E-state index is 13.7. The highest BCUT2D eigenvalue weighted by molar-refractivity contribution is 5.95. The molecule has 0 radical (unpaired) electrons. The lowest BCUT2D eigenvalue weighted by Gasteiger charge is -2.30. The molecule has 1 saturated heterocycles. The van der Waals surface area contributed by atoms with Crippen LogP contribution < -0.4 is 10.6 Å². The van der Waals surface area contributed by atoms with E-state index in [4.69, 9.17) is 13.9 Å². The number of rotatable bonds is 4. The van der Waals surface area contributed by atoms with E-state index in [0.29, 0.717) is 24.2 Å². The highest BCUT2D eigenvalue weighted by Gasteiger charge is 2.39. The van der Waals surface area contributed by atoms with Crippen LogP contribution in [-0.2, 0) is 30.3 Å². The Labute approximate surface area is 301 Å². The van der Waals surface area contributed by atoms with Gasteiger partial charge < -0.3 is 29.2 Å². The van der Waals surface area contributed by atoms with Crippen molar-refractivity contribution < 1.29 is 43.0 Å². The number of fused-ring (bicyclic) bond motifs is 4. The zero-order valence-electron chi connectivity index (χ0n) is 29.3. The number of anilines is 1. The van der Waals surface area contributed by atoms with Gasteiger partial charge in [-0.05, 0) is 37.3 Å². The van der Waals surface area contributed by atoms with Gasteiger partial charge in [-0.25, -0.2) is 19.6 Å². The summed E-state index contributed by atoms with van der Waals surface area (Å²) in [5, 5.41) is 17.6. The predicted octanol–water partition coefficient (Wildman–Crippen LogP) is 4.31.